The molecule has 56 heavy (non-hydrogen) atoms. The number of hydrogen-bond donors (Lipinski definition) is 0. The Morgan fingerprint density at radius 2 is 0.911 bits per heavy atom. The third-order valence-corrected chi connectivity index (χ3v) is 11.7. The van der Waals surface area contributed by atoms with Crippen molar-refractivity contribution in [1.82, 2.24) is 0 Å². The van der Waals surface area contributed by atoms with Crippen LogP contribution in [-0.4, -0.2) is 0 Å². The van der Waals surface area contributed by atoms with Crippen molar-refractivity contribution in [3.63, 3.8) is 0 Å². The predicted octanol–water partition coefficient (Wildman–Crippen LogP) is 15.2. The molecule has 1 aliphatic carbocycles. The molecule has 0 spiro atoms. The van der Waals surface area contributed by atoms with Gasteiger partial charge in [0.05, 0.1) is 11.4 Å². The third-order valence-electron chi connectivity index (χ3n) is 11.7. The lowest BCUT2D eigenvalue weighted by Gasteiger charge is -2.29. The highest BCUT2D eigenvalue weighted by Gasteiger charge is 2.35. The van der Waals surface area contributed by atoms with E-state index in [1.165, 1.54) is 60.5 Å². The number of hydrogen-bond acceptors (Lipinski definition) is 2. The van der Waals surface area contributed by atoms with E-state index in [2.05, 4.69) is 231 Å². The van der Waals surface area contributed by atoms with Crippen molar-refractivity contribution >= 4 is 55.7 Å². The normalized spacial score (nSPS) is 12.7. The fraction of sp³-hybridized carbons (Fsp3) is 0.0741. The molecular formula is C54H42N2. The second kappa shape index (κ2) is 13.4. The van der Waals surface area contributed by atoms with Crippen molar-refractivity contribution < 1.29 is 0 Å². The smallest absolute Gasteiger partial charge is 0.0540 e. The SMILES string of the molecule is Cc1ccc(N(c2cccc3ccccc23)c2ccc(-c3ccc(N(c4ccccc4)c4ccc5c(c4)C(C)(C)c4ccccc4-5)cc3)c3ccccc23)cc1. The lowest BCUT2D eigenvalue weighted by atomic mass is 9.82. The number of rotatable bonds is 7. The zero-order chi connectivity index (χ0) is 37.8. The van der Waals surface area contributed by atoms with Gasteiger partial charge in [0.15, 0.2) is 0 Å². The molecule has 10 rings (SSSR count). The number of para-hydroxylation sites is 1. The molecule has 268 valence electrons. The standard InChI is InChI=1S/C54H42N2/c1-37-24-28-42(29-25-37)56(52-23-13-15-38-14-7-8-18-45(38)52)53-35-34-44(46-19-9-10-21-49(46)53)39-26-30-41(31-27-39)55(40-16-5-4-6-17-40)43-32-33-48-47-20-11-12-22-50(47)54(2,3)51(48)36-43/h4-36H,1-3H3. The van der Waals surface area contributed by atoms with Gasteiger partial charge in [-0.15, -0.1) is 0 Å². The first-order valence-corrected chi connectivity index (χ1v) is 19.5. The molecule has 9 aromatic rings. The van der Waals surface area contributed by atoms with Gasteiger partial charge in [0.25, 0.3) is 0 Å². The first-order valence-electron chi connectivity index (χ1n) is 19.5. The van der Waals surface area contributed by atoms with Crippen LogP contribution in [0.5, 0.6) is 0 Å². The van der Waals surface area contributed by atoms with E-state index >= 15 is 0 Å². The van der Waals surface area contributed by atoms with Crippen molar-refractivity contribution in [3.8, 4) is 22.3 Å². The number of nitrogens with zero attached hydrogens (tertiary/aromatic N) is 2. The average Bonchev–Trinajstić information content (AvgIpc) is 3.48. The quantitative estimate of drug-likeness (QED) is 0.162. The molecule has 0 atom stereocenters. The molecule has 0 saturated heterocycles. The van der Waals surface area contributed by atoms with Gasteiger partial charge in [-0.2, -0.15) is 0 Å². The molecule has 1 aliphatic rings. The predicted molar refractivity (Wildman–Crippen MR) is 239 cm³/mol. The Kier molecular flexibility index (Phi) is 8.08. The van der Waals surface area contributed by atoms with Crippen LogP contribution >= 0.6 is 0 Å². The fourth-order valence-electron chi connectivity index (χ4n) is 8.88. The van der Waals surface area contributed by atoms with Gasteiger partial charge >= 0.3 is 0 Å². The number of benzene rings is 9. The van der Waals surface area contributed by atoms with Gasteiger partial charge in [-0.3, -0.25) is 0 Å². The largest absolute Gasteiger partial charge is 0.310 e. The van der Waals surface area contributed by atoms with Crippen LogP contribution < -0.4 is 9.80 Å². The van der Waals surface area contributed by atoms with Gasteiger partial charge in [-0.25, -0.2) is 0 Å². The number of fused-ring (bicyclic) bond motifs is 5. The highest BCUT2D eigenvalue weighted by molar-refractivity contribution is 6.09. The monoisotopic (exact) mass is 718 g/mol. The van der Waals surface area contributed by atoms with Crippen LogP contribution in [0.15, 0.2) is 200 Å². The van der Waals surface area contributed by atoms with E-state index in [9.17, 15) is 0 Å². The summed E-state index contributed by atoms with van der Waals surface area (Å²) in [6.07, 6.45) is 0. The summed E-state index contributed by atoms with van der Waals surface area (Å²) in [5.74, 6) is 0. The molecule has 0 amide bonds. The minimum Gasteiger partial charge on any atom is -0.310 e. The Labute approximate surface area is 329 Å². The summed E-state index contributed by atoms with van der Waals surface area (Å²) in [5, 5.41) is 4.87. The van der Waals surface area contributed by atoms with Crippen molar-refractivity contribution in [1.29, 1.82) is 0 Å². The summed E-state index contributed by atoms with van der Waals surface area (Å²) in [6.45, 7) is 6.84. The van der Waals surface area contributed by atoms with Gasteiger partial charge in [-0.05, 0) is 112 Å². The van der Waals surface area contributed by atoms with Crippen LogP contribution in [0, 0.1) is 6.92 Å². The Morgan fingerprint density at radius 1 is 0.357 bits per heavy atom. The van der Waals surface area contributed by atoms with E-state index in [0.717, 1.165) is 34.1 Å². The highest BCUT2D eigenvalue weighted by atomic mass is 15.1. The maximum absolute atomic E-state index is 2.42. The van der Waals surface area contributed by atoms with Gasteiger partial charge in [0, 0.05) is 38.9 Å². The second-order valence-corrected chi connectivity index (χ2v) is 15.5. The molecule has 2 heteroatoms. The molecule has 2 nitrogen and oxygen atoms in total. The molecule has 0 unspecified atom stereocenters. The molecule has 0 saturated carbocycles. The van der Waals surface area contributed by atoms with E-state index in [-0.39, 0.29) is 5.41 Å². The van der Waals surface area contributed by atoms with Crippen LogP contribution in [0.1, 0.15) is 30.5 Å². The molecule has 0 heterocycles. The average molecular weight is 719 g/mol. The van der Waals surface area contributed by atoms with Crippen LogP contribution in [0.3, 0.4) is 0 Å². The molecule has 0 bridgehead atoms. The van der Waals surface area contributed by atoms with Crippen molar-refractivity contribution in [2.24, 2.45) is 0 Å². The minimum atomic E-state index is -0.0794. The maximum Gasteiger partial charge on any atom is 0.0540 e. The Morgan fingerprint density at radius 3 is 1.71 bits per heavy atom. The summed E-state index contributed by atoms with van der Waals surface area (Å²) in [6, 6.07) is 73.2. The van der Waals surface area contributed by atoms with Crippen molar-refractivity contribution in [2.75, 3.05) is 9.80 Å². The van der Waals surface area contributed by atoms with Gasteiger partial charge in [0.2, 0.25) is 0 Å². The lowest BCUT2D eigenvalue weighted by Crippen LogP contribution is -2.16. The first-order chi connectivity index (χ1) is 27.5. The van der Waals surface area contributed by atoms with E-state index in [1.54, 1.807) is 0 Å². The zero-order valence-corrected chi connectivity index (χ0v) is 31.9. The van der Waals surface area contributed by atoms with Gasteiger partial charge in [0.1, 0.15) is 0 Å². The maximum atomic E-state index is 2.42. The summed E-state index contributed by atoms with van der Waals surface area (Å²) in [5.41, 5.74) is 15.8. The topological polar surface area (TPSA) is 6.48 Å². The summed E-state index contributed by atoms with van der Waals surface area (Å²) in [7, 11) is 0. The first kappa shape index (κ1) is 33.7. The van der Waals surface area contributed by atoms with Crippen LogP contribution in [0.2, 0.25) is 0 Å². The van der Waals surface area contributed by atoms with E-state index in [0.29, 0.717) is 0 Å². The van der Waals surface area contributed by atoms with E-state index in [4.69, 9.17) is 0 Å². The number of anilines is 6. The molecule has 0 radical (unpaired) electrons. The molecule has 0 N–H and O–H groups in total. The van der Waals surface area contributed by atoms with E-state index < -0.39 is 0 Å². The molecule has 0 fully saturated rings. The number of aryl methyl sites for hydroxylation is 1. The lowest BCUT2D eigenvalue weighted by molar-refractivity contribution is 0.660. The van der Waals surface area contributed by atoms with Crippen molar-refractivity contribution in [3.05, 3.63) is 217 Å². The minimum absolute atomic E-state index is 0.0794. The molecule has 0 aromatic heterocycles. The summed E-state index contributed by atoms with van der Waals surface area (Å²) < 4.78 is 0. The Balaban J connectivity index is 1.08. The highest BCUT2D eigenvalue weighted by Crippen LogP contribution is 2.51. The Hall–Kier alpha value is -6.90. The molecular weight excluding hydrogens is 677 g/mol. The second-order valence-electron chi connectivity index (χ2n) is 15.5. The summed E-state index contributed by atoms with van der Waals surface area (Å²) >= 11 is 0. The van der Waals surface area contributed by atoms with Gasteiger partial charge < -0.3 is 9.80 Å². The molecule has 9 aromatic carbocycles. The third kappa shape index (κ3) is 5.57. The summed E-state index contributed by atoms with van der Waals surface area (Å²) in [4.78, 5) is 4.80. The zero-order valence-electron chi connectivity index (χ0n) is 31.9. The van der Waals surface area contributed by atoms with Crippen LogP contribution in [0.25, 0.3) is 43.8 Å². The van der Waals surface area contributed by atoms with Crippen molar-refractivity contribution in [2.45, 2.75) is 26.2 Å². The molecule has 0 aliphatic heterocycles. The van der Waals surface area contributed by atoms with Crippen LogP contribution in [-0.2, 0) is 5.41 Å². The van der Waals surface area contributed by atoms with E-state index in [1.807, 2.05) is 0 Å². The van der Waals surface area contributed by atoms with Crippen LogP contribution in [0.4, 0.5) is 34.1 Å². The Bertz CT molecular complexity index is 2880. The van der Waals surface area contributed by atoms with Gasteiger partial charge in [-0.1, -0.05) is 159 Å². The fourth-order valence-corrected chi connectivity index (χ4v) is 8.88.